The molecule has 0 radical (unpaired) electrons. The van der Waals surface area contributed by atoms with Gasteiger partial charge in [0.15, 0.2) is 16.1 Å². The lowest BCUT2D eigenvalue weighted by atomic mass is 9.34. The van der Waals surface area contributed by atoms with Gasteiger partial charge in [-0.1, -0.05) is 278 Å². The van der Waals surface area contributed by atoms with E-state index in [-0.39, 0.29) is 17.5 Å². The van der Waals surface area contributed by atoms with Gasteiger partial charge in [0.05, 0.1) is 0 Å². The summed E-state index contributed by atoms with van der Waals surface area (Å²) in [5.74, 6) is 3.55. The van der Waals surface area contributed by atoms with E-state index in [1.165, 1.54) is 69.1 Å². The molecule has 0 bridgehead atoms. The molecule has 12 rings (SSSR count). The van der Waals surface area contributed by atoms with Gasteiger partial charge in [0.25, 0.3) is 6.71 Å². The van der Waals surface area contributed by atoms with Crippen LogP contribution in [0.2, 0.25) is 0 Å². The molecular weight excluding hydrogens is 916 g/mol. The van der Waals surface area contributed by atoms with Gasteiger partial charge in [-0.2, -0.15) is 0 Å². The molecule has 354 valence electrons. The van der Waals surface area contributed by atoms with Gasteiger partial charge in [0, 0.05) is 15.8 Å². The normalized spacial score (nSPS) is 13.0. The van der Waals surface area contributed by atoms with Gasteiger partial charge in [-0.15, -0.1) is 0 Å². The van der Waals surface area contributed by atoms with Crippen molar-refractivity contribution in [2.75, 3.05) is 0 Å². The van der Waals surface area contributed by atoms with Gasteiger partial charge in [0.1, 0.15) is 23.0 Å². The van der Waals surface area contributed by atoms with Crippen LogP contribution in [-0.4, -0.2) is 22.9 Å². The van der Waals surface area contributed by atoms with E-state index in [2.05, 4.69) is 290 Å². The van der Waals surface area contributed by atoms with Crippen molar-refractivity contribution in [2.24, 2.45) is 0 Å². The average molecular weight is 975 g/mol. The Hall–Kier alpha value is -7.70. The summed E-state index contributed by atoms with van der Waals surface area (Å²) in [6.45, 7) is 13.7. The molecule has 2 aliphatic rings. The third kappa shape index (κ3) is 7.51. The Labute approximate surface area is 434 Å². The van der Waals surface area contributed by atoms with E-state index in [0.29, 0.717) is 0 Å². The van der Waals surface area contributed by atoms with Crippen LogP contribution in [0, 0.1) is 0 Å². The molecule has 2 nitrogen and oxygen atoms in total. The number of fused-ring (bicyclic) bond motifs is 4. The molecule has 2 heterocycles. The molecule has 0 amide bonds. The van der Waals surface area contributed by atoms with Crippen LogP contribution in [0.15, 0.2) is 249 Å². The molecule has 0 fully saturated rings. The molecule has 5 heteroatoms. The second kappa shape index (κ2) is 18.1. The molecule has 0 spiro atoms. The van der Waals surface area contributed by atoms with Crippen molar-refractivity contribution in [3.05, 3.63) is 260 Å². The molecule has 0 unspecified atom stereocenters. The van der Waals surface area contributed by atoms with Gasteiger partial charge in [0.2, 0.25) is 0 Å². The van der Waals surface area contributed by atoms with Crippen LogP contribution in [0.4, 0.5) is 0 Å². The third-order valence-electron chi connectivity index (χ3n) is 15.6. The zero-order valence-electron chi connectivity index (χ0n) is 42.6. The van der Waals surface area contributed by atoms with Gasteiger partial charge in [-0.05, 0) is 87.3 Å². The number of ether oxygens (including phenoxy) is 2. The average Bonchev–Trinajstić information content (AvgIpc) is 3.43. The molecule has 73 heavy (non-hydrogen) atoms. The van der Waals surface area contributed by atoms with Crippen LogP contribution in [0.3, 0.4) is 0 Å². The Kier molecular flexibility index (Phi) is 11.5. The summed E-state index contributed by atoms with van der Waals surface area (Å²) in [5, 5.41) is 10.1. The van der Waals surface area contributed by atoms with E-state index in [1.54, 1.807) is 0 Å². The monoisotopic (exact) mass is 974 g/mol. The first-order chi connectivity index (χ1) is 35.5. The van der Waals surface area contributed by atoms with E-state index in [1.807, 2.05) is 0 Å². The molecule has 0 N–H and O–H groups in total. The van der Waals surface area contributed by atoms with Crippen LogP contribution in [0.25, 0.3) is 11.1 Å². The Morgan fingerprint density at radius 3 is 0.877 bits per heavy atom. The molecule has 2 aliphatic heterocycles. The Morgan fingerprint density at radius 2 is 0.603 bits per heavy atom. The van der Waals surface area contributed by atoms with Gasteiger partial charge < -0.3 is 9.47 Å². The SMILES string of the molecule is CC(C)(C)c1ccc2c(c1)B1c3cc(C(C)(C)C)ccc3Oc3c1c(c([Si](c1ccccc1)(c1ccccc1)c1ccccc1)c(-c1ccccc1)c3[Si](c1ccccc1)(c1ccccc1)c1ccccc1)O2. The summed E-state index contributed by atoms with van der Waals surface area (Å²) < 4.78 is 16.0. The van der Waals surface area contributed by atoms with E-state index in [9.17, 15) is 0 Å². The van der Waals surface area contributed by atoms with Crippen molar-refractivity contribution in [2.45, 2.75) is 52.4 Å². The van der Waals surface area contributed by atoms with Gasteiger partial charge in [-0.25, -0.2) is 0 Å². The highest BCUT2D eigenvalue weighted by Gasteiger charge is 2.56. The first-order valence-corrected chi connectivity index (χ1v) is 29.8. The summed E-state index contributed by atoms with van der Waals surface area (Å²) in [6.07, 6.45) is 0. The lowest BCUT2D eigenvalue weighted by Crippen LogP contribution is -2.80. The maximum atomic E-state index is 8.02. The molecule has 10 aromatic carbocycles. The second-order valence-electron chi connectivity index (χ2n) is 21.9. The van der Waals surface area contributed by atoms with E-state index in [4.69, 9.17) is 9.47 Å². The molecule has 10 aromatic rings. The number of rotatable bonds is 9. The molecule has 0 atom stereocenters. The first kappa shape index (κ1) is 46.4. The summed E-state index contributed by atoms with van der Waals surface area (Å²) in [5.41, 5.74) is 8.03. The van der Waals surface area contributed by atoms with Crippen LogP contribution in [0.5, 0.6) is 23.0 Å². The zero-order chi connectivity index (χ0) is 50.0. The Bertz CT molecular complexity index is 3200. The summed E-state index contributed by atoms with van der Waals surface area (Å²) in [7, 11) is -7.03. The van der Waals surface area contributed by atoms with Crippen molar-refractivity contribution in [1.29, 1.82) is 0 Å². The van der Waals surface area contributed by atoms with E-state index >= 15 is 0 Å². The number of hydrogen-bond donors (Lipinski definition) is 0. The summed E-state index contributed by atoms with van der Waals surface area (Å²) in [4.78, 5) is 0. The quantitative estimate of drug-likeness (QED) is 0.106. The standard InChI is InChI=1S/C68H59BO2Si2/c1-67(2,3)49-42-44-59-57(46-49)69-58-47-50(68(4,5)6)43-45-60(58)71-64-62(69)63(70-59)65(72(51-30-16-8-17-31-51,52-32-18-9-19-33-52)53-34-20-10-21-35-53)61(48-28-14-7-15-29-48)66(64)73(54-36-22-11-23-37-54,55-38-24-12-25-39-55)56-40-26-13-27-41-56/h7-47H,1-6H3. The minimum Gasteiger partial charge on any atom is -0.458 e. The highest BCUT2D eigenvalue weighted by atomic mass is 28.3. The van der Waals surface area contributed by atoms with Crippen molar-refractivity contribution >= 4 is 80.7 Å². The fraction of sp³-hybridized carbons (Fsp3) is 0.118. The minimum atomic E-state index is -3.51. The highest BCUT2D eigenvalue weighted by Crippen LogP contribution is 2.41. The Morgan fingerprint density at radius 1 is 0.329 bits per heavy atom. The maximum Gasteiger partial charge on any atom is 0.260 e. The predicted octanol–water partition coefficient (Wildman–Crippen LogP) is 9.43. The van der Waals surface area contributed by atoms with Crippen molar-refractivity contribution in [1.82, 2.24) is 0 Å². The van der Waals surface area contributed by atoms with Crippen molar-refractivity contribution < 1.29 is 9.47 Å². The third-order valence-corrected chi connectivity index (χ3v) is 25.2. The van der Waals surface area contributed by atoms with E-state index in [0.717, 1.165) is 34.0 Å². The fourth-order valence-electron chi connectivity index (χ4n) is 12.2. The van der Waals surface area contributed by atoms with Crippen molar-refractivity contribution in [3.63, 3.8) is 0 Å². The topological polar surface area (TPSA) is 18.5 Å². The lowest BCUT2D eigenvalue weighted by molar-refractivity contribution is 0.468. The van der Waals surface area contributed by atoms with Crippen LogP contribution in [-0.2, 0) is 10.8 Å². The summed E-state index contributed by atoms with van der Waals surface area (Å²) >= 11 is 0. The lowest BCUT2D eigenvalue weighted by Gasteiger charge is -2.46. The largest absolute Gasteiger partial charge is 0.458 e. The fourth-order valence-corrected chi connectivity index (χ4v) is 22.5. The predicted molar refractivity (Wildman–Crippen MR) is 314 cm³/mol. The zero-order valence-corrected chi connectivity index (χ0v) is 44.6. The first-order valence-electron chi connectivity index (χ1n) is 25.8. The van der Waals surface area contributed by atoms with Crippen LogP contribution >= 0.6 is 0 Å². The van der Waals surface area contributed by atoms with Crippen molar-refractivity contribution in [3.8, 4) is 34.1 Å². The molecule has 0 saturated carbocycles. The molecule has 0 aromatic heterocycles. The van der Waals surface area contributed by atoms with E-state index < -0.39 is 16.1 Å². The second-order valence-corrected chi connectivity index (χ2v) is 29.4. The highest BCUT2D eigenvalue weighted by molar-refractivity contribution is 7.24. The Balaban J connectivity index is 1.42. The summed E-state index contributed by atoms with van der Waals surface area (Å²) in [6, 6.07) is 93.5. The van der Waals surface area contributed by atoms with Crippen LogP contribution in [0.1, 0.15) is 52.7 Å². The number of hydrogen-bond acceptors (Lipinski definition) is 2. The number of benzene rings is 10. The molecule has 0 saturated heterocycles. The van der Waals surface area contributed by atoms with Crippen LogP contribution < -0.4 is 67.4 Å². The van der Waals surface area contributed by atoms with Gasteiger partial charge in [-0.3, -0.25) is 0 Å². The molecule has 0 aliphatic carbocycles. The molecular formula is C68H59BO2Si2. The maximum absolute atomic E-state index is 8.02. The minimum absolute atomic E-state index is 0.112. The smallest absolute Gasteiger partial charge is 0.260 e. The van der Waals surface area contributed by atoms with Gasteiger partial charge >= 0.3 is 0 Å².